The molecule has 1 rings (SSSR count). The first-order valence-corrected chi connectivity index (χ1v) is 6.85. The van der Waals surface area contributed by atoms with Gasteiger partial charge in [-0.25, -0.2) is 8.78 Å². The van der Waals surface area contributed by atoms with Gasteiger partial charge < -0.3 is 0 Å². The van der Waals surface area contributed by atoms with Crippen LogP contribution in [-0.2, 0) is 0 Å². The van der Waals surface area contributed by atoms with Crippen molar-refractivity contribution in [2.75, 3.05) is 0 Å². The molecular formula is C13H19BrF2N2. The summed E-state index contributed by atoms with van der Waals surface area (Å²) in [5.41, 5.74) is 2.52. The van der Waals surface area contributed by atoms with E-state index < -0.39 is 17.7 Å². The molecule has 0 aliphatic heterocycles. The van der Waals surface area contributed by atoms with E-state index in [1.54, 1.807) is 0 Å². The lowest BCUT2D eigenvalue weighted by molar-refractivity contribution is 0.422. The third-order valence-corrected chi connectivity index (χ3v) is 3.33. The van der Waals surface area contributed by atoms with Gasteiger partial charge in [0.15, 0.2) is 0 Å². The number of nitrogens with one attached hydrogen (secondary N) is 1. The first-order valence-electron chi connectivity index (χ1n) is 6.06. The van der Waals surface area contributed by atoms with Gasteiger partial charge in [-0.05, 0) is 24.5 Å². The Labute approximate surface area is 115 Å². The Kier molecular flexibility index (Phi) is 6.18. The molecule has 3 N–H and O–H groups in total. The lowest BCUT2D eigenvalue weighted by Crippen LogP contribution is -2.29. The number of benzene rings is 1. The fourth-order valence-electron chi connectivity index (χ4n) is 1.93. The van der Waals surface area contributed by atoms with E-state index >= 15 is 0 Å². The van der Waals surface area contributed by atoms with Crippen molar-refractivity contribution in [1.29, 1.82) is 0 Å². The van der Waals surface area contributed by atoms with Gasteiger partial charge in [0.1, 0.15) is 11.6 Å². The average Bonchev–Trinajstić information content (AvgIpc) is 2.25. The molecule has 1 atom stereocenters. The second-order valence-corrected chi connectivity index (χ2v) is 5.74. The molecule has 0 radical (unpaired) electrons. The Morgan fingerprint density at radius 3 is 2.22 bits per heavy atom. The van der Waals surface area contributed by atoms with Crippen LogP contribution < -0.4 is 11.3 Å². The zero-order valence-corrected chi connectivity index (χ0v) is 12.2. The van der Waals surface area contributed by atoms with Crippen LogP contribution >= 0.6 is 15.9 Å². The van der Waals surface area contributed by atoms with Crippen LogP contribution in [0.4, 0.5) is 8.78 Å². The molecule has 1 aromatic rings. The molecule has 102 valence electrons. The number of nitrogens with two attached hydrogens (primary N) is 1. The van der Waals surface area contributed by atoms with Crippen LogP contribution in [0, 0.1) is 17.6 Å². The fourth-order valence-corrected chi connectivity index (χ4v) is 2.33. The summed E-state index contributed by atoms with van der Waals surface area (Å²) in [6.45, 7) is 4.23. The summed E-state index contributed by atoms with van der Waals surface area (Å²) in [5.74, 6) is 4.83. The van der Waals surface area contributed by atoms with Crippen LogP contribution in [-0.4, -0.2) is 0 Å². The smallest absolute Gasteiger partial charge is 0.132 e. The number of hydrazine groups is 1. The van der Waals surface area contributed by atoms with Crippen molar-refractivity contribution in [2.45, 2.75) is 39.2 Å². The maximum absolute atomic E-state index is 13.8. The second kappa shape index (κ2) is 7.16. The first-order chi connectivity index (χ1) is 8.45. The van der Waals surface area contributed by atoms with Crippen LogP contribution in [0.25, 0.3) is 0 Å². The minimum atomic E-state index is -0.575. The minimum absolute atomic E-state index is 0.0180. The number of rotatable bonds is 6. The van der Waals surface area contributed by atoms with Crippen molar-refractivity contribution in [1.82, 2.24) is 5.43 Å². The van der Waals surface area contributed by atoms with E-state index in [4.69, 9.17) is 5.84 Å². The van der Waals surface area contributed by atoms with Crippen molar-refractivity contribution < 1.29 is 8.78 Å². The molecule has 1 unspecified atom stereocenters. The maximum Gasteiger partial charge on any atom is 0.132 e. The predicted octanol–water partition coefficient (Wildman–Crippen LogP) is 4.06. The van der Waals surface area contributed by atoms with E-state index in [2.05, 4.69) is 35.2 Å². The summed E-state index contributed by atoms with van der Waals surface area (Å²) in [4.78, 5) is 0. The van der Waals surface area contributed by atoms with Crippen molar-refractivity contribution in [2.24, 2.45) is 11.8 Å². The number of hydrogen-bond donors (Lipinski definition) is 2. The topological polar surface area (TPSA) is 38.0 Å². The highest BCUT2D eigenvalue weighted by Gasteiger charge is 2.19. The highest BCUT2D eigenvalue weighted by Crippen LogP contribution is 2.28. The monoisotopic (exact) mass is 320 g/mol. The normalized spacial score (nSPS) is 13.1. The Bertz CT molecular complexity index is 374. The average molecular weight is 321 g/mol. The van der Waals surface area contributed by atoms with Crippen molar-refractivity contribution in [3.8, 4) is 0 Å². The van der Waals surface area contributed by atoms with E-state index in [-0.39, 0.29) is 5.56 Å². The van der Waals surface area contributed by atoms with Gasteiger partial charge in [-0.15, -0.1) is 0 Å². The minimum Gasteiger partial charge on any atom is -0.271 e. The van der Waals surface area contributed by atoms with Gasteiger partial charge >= 0.3 is 0 Å². The van der Waals surface area contributed by atoms with Crippen LogP contribution in [0.3, 0.4) is 0 Å². The van der Waals surface area contributed by atoms with Crippen LogP contribution in [0.2, 0.25) is 0 Å². The van der Waals surface area contributed by atoms with Gasteiger partial charge in [-0.2, -0.15) is 0 Å². The molecule has 0 saturated carbocycles. The molecule has 0 heterocycles. The van der Waals surface area contributed by atoms with Crippen LogP contribution in [0.15, 0.2) is 16.6 Å². The van der Waals surface area contributed by atoms with Gasteiger partial charge in [-0.1, -0.05) is 42.6 Å². The van der Waals surface area contributed by atoms with Crippen molar-refractivity contribution in [3.63, 3.8) is 0 Å². The molecule has 0 amide bonds. The largest absolute Gasteiger partial charge is 0.271 e. The maximum atomic E-state index is 13.8. The highest BCUT2D eigenvalue weighted by molar-refractivity contribution is 9.10. The second-order valence-electron chi connectivity index (χ2n) is 4.83. The highest BCUT2D eigenvalue weighted by atomic mass is 79.9. The van der Waals surface area contributed by atoms with Gasteiger partial charge in [-0.3, -0.25) is 11.3 Å². The predicted molar refractivity (Wildman–Crippen MR) is 72.8 cm³/mol. The number of hydrogen-bond acceptors (Lipinski definition) is 2. The molecule has 2 nitrogen and oxygen atoms in total. The van der Waals surface area contributed by atoms with Crippen molar-refractivity contribution >= 4 is 15.9 Å². The van der Waals surface area contributed by atoms with Gasteiger partial charge in [0.05, 0.1) is 6.04 Å². The lowest BCUT2D eigenvalue weighted by Gasteiger charge is -2.18. The molecule has 1 aromatic carbocycles. The van der Waals surface area contributed by atoms with Crippen molar-refractivity contribution in [3.05, 3.63) is 33.8 Å². The molecular weight excluding hydrogens is 302 g/mol. The molecule has 18 heavy (non-hydrogen) atoms. The first kappa shape index (κ1) is 15.5. The van der Waals surface area contributed by atoms with E-state index in [9.17, 15) is 8.78 Å². The summed E-state index contributed by atoms with van der Waals surface area (Å²) in [6, 6.07) is 2.02. The van der Waals surface area contributed by atoms with E-state index in [0.717, 1.165) is 12.8 Å². The molecule has 0 aromatic heterocycles. The summed E-state index contributed by atoms with van der Waals surface area (Å²) in [7, 11) is 0. The van der Waals surface area contributed by atoms with E-state index in [1.807, 2.05) is 0 Å². The standard InChI is InChI=1S/C13H19BrF2N2/c1-8(2)4-3-5-12(18-17)13-10(15)6-9(14)7-11(13)16/h6-8,12,18H,3-5,17H2,1-2H3. The zero-order chi connectivity index (χ0) is 13.7. The summed E-state index contributed by atoms with van der Waals surface area (Å²) < 4.78 is 27.9. The van der Waals surface area contributed by atoms with Crippen LogP contribution in [0.1, 0.15) is 44.7 Å². The SMILES string of the molecule is CC(C)CCCC(NN)c1c(F)cc(Br)cc1F. The third kappa shape index (κ3) is 4.30. The molecule has 0 bridgehead atoms. The Morgan fingerprint density at radius 2 is 1.78 bits per heavy atom. The Balaban J connectivity index is 2.82. The Hall–Kier alpha value is -0.520. The van der Waals surface area contributed by atoms with Gasteiger partial charge in [0.25, 0.3) is 0 Å². The summed E-state index contributed by atoms with van der Waals surface area (Å²) >= 11 is 3.06. The van der Waals surface area contributed by atoms with Gasteiger partial charge in [0, 0.05) is 10.0 Å². The van der Waals surface area contributed by atoms with E-state index in [1.165, 1.54) is 12.1 Å². The molecule has 0 saturated heterocycles. The lowest BCUT2D eigenvalue weighted by atomic mass is 9.98. The molecule has 0 fully saturated rings. The number of halogens is 3. The molecule has 0 aliphatic carbocycles. The van der Waals surface area contributed by atoms with Gasteiger partial charge in [0.2, 0.25) is 0 Å². The van der Waals surface area contributed by atoms with E-state index in [0.29, 0.717) is 16.8 Å². The quantitative estimate of drug-likeness (QED) is 0.612. The molecule has 0 spiro atoms. The summed E-state index contributed by atoms with van der Waals surface area (Å²) in [6.07, 6.45) is 2.50. The summed E-state index contributed by atoms with van der Waals surface area (Å²) in [5, 5.41) is 0. The fraction of sp³-hybridized carbons (Fsp3) is 0.538. The Morgan fingerprint density at radius 1 is 1.22 bits per heavy atom. The molecule has 0 aliphatic rings. The third-order valence-electron chi connectivity index (χ3n) is 2.87. The zero-order valence-electron chi connectivity index (χ0n) is 10.6. The molecule has 5 heteroatoms. The van der Waals surface area contributed by atoms with Crippen LogP contribution in [0.5, 0.6) is 0 Å².